The second-order valence-corrected chi connectivity index (χ2v) is 5.24. The minimum atomic E-state index is -0.443. The summed E-state index contributed by atoms with van der Waals surface area (Å²) in [5.41, 5.74) is 0.530. The Labute approximate surface area is 132 Å². The third-order valence-corrected chi connectivity index (χ3v) is 3.64. The molecule has 2 aromatic rings. The Balaban J connectivity index is 2.13. The highest BCUT2D eigenvalue weighted by Crippen LogP contribution is 2.28. The molecular weight excluding hydrogens is 304 g/mol. The quantitative estimate of drug-likeness (QED) is 0.865. The Morgan fingerprint density at radius 1 is 1.36 bits per heavy atom. The fraction of sp³-hybridized carbons (Fsp3) is 0.267. The van der Waals surface area contributed by atoms with Gasteiger partial charge in [0, 0.05) is 18.1 Å². The van der Waals surface area contributed by atoms with Gasteiger partial charge < -0.3 is 14.6 Å². The molecule has 2 heterocycles. The van der Waals surface area contributed by atoms with Gasteiger partial charge in [-0.05, 0) is 17.7 Å². The number of benzene rings is 1. The summed E-state index contributed by atoms with van der Waals surface area (Å²) < 4.78 is 5.30. The number of nitrogens with one attached hydrogen (secondary N) is 1. The van der Waals surface area contributed by atoms with Gasteiger partial charge in [-0.1, -0.05) is 23.7 Å². The highest BCUT2D eigenvalue weighted by molar-refractivity contribution is 6.30. The van der Waals surface area contributed by atoms with Gasteiger partial charge >= 0.3 is 0 Å². The standard InChI is InChI=1S/C15H13ClN4O2/c1-17-13-12(10-3-2-4-11(16)9-10)18-15(19-14(13)21)20-5-7-22-8-6-20/h2-4,9H,5-8H2,(H,18,19,21). The molecule has 1 aliphatic rings. The van der Waals surface area contributed by atoms with Crippen LogP contribution in [-0.2, 0) is 4.74 Å². The van der Waals surface area contributed by atoms with Crippen LogP contribution >= 0.6 is 11.6 Å². The second-order valence-electron chi connectivity index (χ2n) is 4.81. The first kappa shape index (κ1) is 14.6. The first-order valence-corrected chi connectivity index (χ1v) is 7.17. The van der Waals surface area contributed by atoms with Crippen LogP contribution in [0, 0.1) is 6.57 Å². The van der Waals surface area contributed by atoms with Crippen molar-refractivity contribution in [1.82, 2.24) is 9.97 Å². The van der Waals surface area contributed by atoms with Crippen LogP contribution < -0.4 is 10.5 Å². The number of anilines is 1. The number of hydrogen-bond donors (Lipinski definition) is 1. The molecule has 1 N–H and O–H groups in total. The van der Waals surface area contributed by atoms with E-state index >= 15 is 0 Å². The average molecular weight is 317 g/mol. The van der Waals surface area contributed by atoms with E-state index < -0.39 is 5.56 Å². The molecule has 3 rings (SSSR count). The van der Waals surface area contributed by atoms with Crippen LogP contribution in [0.4, 0.5) is 11.6 Å². The molecule has 7 heteroatoms. The van der Waals surface area contributed by atoms with E-state index in [0.717, 1.165) is 0 Å². The lowest BCUT2D eigenvalue weighted by Gasteiger charge is -2.27. The van der Waals surface area contributed by atoms with Crippen molar-refractivity contribution in [3.63, 3.8) is 0 Å². The van der Waals surface area contributed by atoms with Crippen LogP contribution in [-0.4, -0.2) is 36.3 Å². The molecule has 1 saturated heterocycles. The number of nitrogens with zero attached hydrogens (tertiary/aromatic N) is 3. The van der Waals surface area contributed by atoms with Gasteiger partial charge in [0.25, 0.3) is 11.2 Å². The third kappa shape index (κ3) is 2.82. The Morgan fingerprint density at radius 3 is 2.82 bits per heavy atom. The molecule has 1 aromatic heterocycles. The van der Waals surface area contributed by atoms with Crippen molar-refractivity contribution in [1.29, 1.82) is 0 Å². The summed E-state index contributed by atoms with van der Waals surface area (Å²) in [6.45, 7) is 9.71. The SMILES string of the molecule is [C-]#[N+]c1c(-c2cccc(Cl)c2)nc(N2CCOCC2)[nH]c1=O. The molecule has 6 nitrogen and oxygen atoms in total. The van der Waals surface area contributed by atoms with Gasteiger partial charge in [0.15, 0.2) is 0 Å². The molecule has 0 radical (unpaired) electrons. The number of H-pyrrole nitrogens is 1. The van der Waals surface area contributed by atoms with Crippen LogP contribution in [0.3, 0.4) is 0 Å². The van der Waals surface area contributed by atoms with E-state index in [1.165, 1.54) is 0 Å². The van der Waals surface area contributed by atoms with Crippen molar-refractivity contribution < 1.29 is 4.74 Å². The summed E-state index contributed by atoms with van der Waals surface area (Å²) in [5, 5.41) is 0.531. The fourth-order valence-corrected chi connectivity index (χ4v) is 2.51. The molecule has 1 aliphatic heterocycles. The van der Waals surface area contributed by atoms with Crippen molar-refractivity contribution in [3.8, 4) is 11.3 Å². The number of aromatic amines is 1. The highest BCUT2D eigenvalue weighted by Gasteiger charge is 2.18. The number of hydrogen-bond acceptors (Lipinski definition) is 4. The van der Waals surface area contributed by atoms with Crippen LogP contribution in [0.15, 0.2) is 29.1 Å². The van der Waals surface area contributed by atoms with Gasteiger partial charge in [-0.2, -0.15) is 0 Å². The normalized spacial score (nSPS) is 14.6. The minimum absolute atomic E-state index is 0.0284. The maximum absolute atomic E-state index is 12.2. The first-order chi connectivity index (χ1) is 10.7. The molecule has 0 saturated carbocycles. The molecule has 0 atom stereocenters. The fourth-order valence-electron chi connectivity index (χ4n) is 2.32. The van der Waals surface area contributed by atoms with E-state index in [9.17, 15) is 4.79 Å². The zero-order chi connectivity index (χ0) is 15.5. The lowest BCUT2D eigenvalue weighted by atomic mass is 10.1. The summed E-state index contributed by atoms with van der Waals surface area (Å²) in [5.74, 6) is 0.454. The number of aromatic nitrogens is 2. The number of ether oxygens (including phenoxy) is 1. The van der Waals surface area contributed by atoms with Gasteiger partial charge in [-0.25, -0.2) is 9.83 Å². The van der Waals surface area contributed by atoms with Crippen molar-refractivity contribution in [2.45, 2.75) is 0 Å². The van der Waals surface area contributed by atoms with Gasteiger partial charge in [0.05, 0.1) is 25.5 Å². The topological polar surface area (TPSA) is 62.6 Å². The Morgan fingerprint density at radius 2 is 2.14 bits per heavy atom. The molecule has 112 valence electrons. The molecule has 0 aliphatic carbocycles. The summed E-state index contributed by atoms with van der Waals surface area (Å²) in [6.07, 6.45) is 0. The zero-order valence-electron chi connectivity index (χ0n) is 11.7. The van der Waals surface area contributed by atoms with Crippen LogP contribution in [0.2, 0.25) is 5.02 Å². The predicted molar refractivity (Wildman–Crippen MR) is 84.6 cm³/mol. The molecule has 1 aromatic carbocycles. The van der Waals surface area contributed by atoms with E-state index in [0.29, 0.717) is 48.5 Å². The number of morpholine rings is 1. The molecular formula is C15H13ClN4O2. The van der Waals surface area contributed by atoms with Crippen LogP contribution in [0.5, 0.6) is 0 Å². The number of rotatable bonds is 2. The van der Waals surface area contributed by atoms with E-state index in [-0.39, 0.29) is 5.69 Å². The molecule has 0 unspecified atom stereocenters. The van der Waals surface area contributed by atoms with Gasteiger partial charge in [0.2, 0.25) is 5.95 Å². The largest absolute Gasteiger partial charge is 0.378 e. The first-order valence-electron chi connectivity index (χ1n) is 6.79. The Bertz CT molecular complexity index is 791. The van der Waals surface area contributed by atoms with Gasteiger partial charge in [0.1, 0.15) is 0 Å². The molecule has 22 heavy (non-hydrogen) atoms. The number of halogens is 1. The van der Waals surface area contributed by atoms with Crippen molar-refractivity contribution in [2.24, 2.45) is 0 Å². The van der Waals surface area contributed by atoms with E-state index in [4.69, 9.17) is 22.9 Å². The summed E-state index contributed by atoms with van der Waals surface area (Å²) in [7, 11) is 0. The van der Waals surface area contributed by atoms with Crippen molar-refractivity contribution >= 4 is 23.2 Å². The molecule has 1 fully saturated rings. The summed E-state index contributed by atoms with van der Waals surface area (Å²) in [6, 6.07) is 6.98. The van der Waals surface area contributed by atoms with Gasteiger partial charge in [-0.3, -0.25) is 4.79 Å². The maximum Gasteiger partial charge on any atom is 0.276 e. The van der Waals surface area contributed by atoms with E-state index in [2.05, 4.69) is 14.8 Å². The Hall–Kier alpha value is -2.36. The van der Waals surface area contributed by atoms with E-state index in [1.54, 1.807) is 24.3 Å². The van der Waals surface area contributed by atoms with Gasteiger partial charge in [-0.15, -0.1) is 0 Å². The predicted octanol–water partition coefficient (Wildman–Crippen LogP) is 2.48. The van der Waals surface area contributed by atoms with Crippen molar-refractivity contribution in [3.05, 3.63) is 51.1 Å². The summed E-state index contributed by atoms with van der Waals surface area (Å²) >= 11 is 6.00. The molecule has 0 amide bonds. The second kappa shape index (κ2) is 6.18. The third-order valence-electron chi connectivity index (χ3n) is 3.40. The Kier molecular flexibility index (Phi) is 4.09. The minimum Gasteiger partial charge on any atom is -0.378 e. The van der Waals surface area contributed by atoms with Crippen LogP contribution in [0.1, 0.15) is 0 Å². The maximum atomic E-state index is 12.2. The van der Waals surface area contributed by atoms with Crippen molar-refractivity contribution in [2.75, 3.05) is 31.2 Å². The highest BCUT2D eigenvalue weighted by atomic mass is 35.5. The van der Waals surface area contributed by atoms with Crippen LogP contribution in [0.25, 0.3) is 16.1 Å². The summed E-state index contributed by atoms with van der Waals surface area (Å²) in [4.78, 5) is 24.6. The average Bonchev–Trinajstić information content (AvgIpc) is 2.55. The smallest absolute Gasteiger partial charge is 0.276 e. The lowest BCUT2D eigenvalue weighted by molar-refractivity contribution is 0.122. The monoisotopic (exact) mass is 316 g/mol. The lowest BCUT2D eigenvalue weighted by Crippen LogP contribution is -2.38. The van der Waals surface area contributed by atoms with E-state index in [1.807, 2.05) is 4.90 Å². The molecule has 0 spiro atoms. The zero-order valence-corrected chi connectivity index (χ0v) is 12.4. The molecule has 0 bridgehead atoms.